The lowest BCUT2D eigenvalue weighted by atomic mass is 9.59. The monoisotopic (exact) mass is 371 g/mol. The van der Waals surface area contributed by atoms with Gasteiger partial charge in [0.15, 0.2) is 0 Å². The second-order valence-electron chi connectivity index (χ2n) is 10.2. The highest BCUT2D eigenvalue weighted by Crippen LogP contribution is 2.60. The van der Waals surface area contributed by atoms with Crippen LogP contribution in [-0.4, -0.2) is 11.7 Å². The Labute approximate surface area is 167 Å². The van der Waals surface area contributed by atoms with E-state index in [1.807, 2.05) is 12.1 Å². The largest absolute Gasteiger partial charge is 0.508 e. The molecule has 5 atom stereocenters. The van der Waals surface area contributed by atoms with Crippen molar-refractivity contribution in [2.75, 3.05) is 11.9 Å². The first-order valence-corrected chi connectivity index (χ1v) is 11.4. The molecule has 2 N–H and O–H groups in total. The van der Waals surface area contributed by atoms with Crippen LogP contribution in [0.4, 0.5) is 5.69 Å². The molecule has 2 aliphatic carbocycles. The molecule has 0 aromatic heterocycles. The molecule has 0 bridgehead atoms. The maximum absolute atomic E-state index is 9.70. The average molecular weight is 372 g/mol. The Hall–Kier alpha value is -1.18. The summed E-state index contributed by atoms with van der Waals surface area (Å²) in [6, 6.07) is 7.57. The molecule has 0 aliphatic heterocycles. The Morgan fingerprint density at radius 2 is 1.96 bits per heavy atom. The highest BCUT2D eigenvalue weighted by Gasteiger charge is 2.52. The average Bonchev–Trinajstić information content (AvgIpc) is 2.97. The Morgan fingerprint density at radius 3 is 2.70 bits per heavy atom. The number of phenolic OH excluding ortho intramolecular Hbond substituents is 1. The van der Waals surface area contributed by atoms with Crippen molar-refractivity contribution < 1.29 is 5.11 Å². The van der Waals surface area contributed by atoms with Crippen molar-refractivity contribution in [2.45, 2.75) is 79.1 Å². The van der Waals surface area contributed by atoms with E-state index in [4.69, 9.17) is 0 Å². The van der Waals surface area contributed by atoms with Gasteiger partial charge in [-0.2, -0.15) is 0 Å². The number of nitrogens with one attached hydrogen (secondary N) is 1. The molecule has 2 nitrogen and oxygen atoms in total. The summed E-state index contributed by atoms with van der Waals surface area (Å²) in [5, 5.41) is 13.3. The van der Waals surface area contributed by atoms with Gasteiger partial charge in [-0.05, 0) is 72.8 Å². The van der Waals surface area contributed by atoms with Gasteiger partial charge >= 0.3 is 0 Å². The lowest BCUT2D eigenvalue weighted by molar-refractivity contribution is 0.0326. The lowest BCUT2D eigenvalue weighted by Crippen LogP contribution is -2.41. The van der Waals surface area contributed by atoms with E-state index in [0.717, 1.165) is 41.8 Å². The van der Waals surface area contributed by atoms with Crippen LogP contribution in [-0.2, 0) is 0 Å². The summed E-state index contributed by atoms with van der Waals surface area (Å²) in [7, 11) is 0. The zero-order valence-electron chi connectivity index (χ0n) is 18.0. The molecule has 0 radical (unpaired) electrons. The predicted octanol–water partition coefficient (Wildman–Crippen LogP) is 7.10. The fourth-order valence-electron chi connectivity index (χ4n) is 6.48. The van der Waals surface area contributed by atoms with Crippen molar-refractivity contribution in [3.8, 4) is 5.75 Å². The number of phenols is 1. The van der Waals surface area contributed by atoms with Crippen LogP contribution < -0.4 is 5.32 Å². The van der Waals surface area contributed by atoms with Crippen molar-refractivity contribution in [3.05, 3.63) is 24.3 Å². The van der Waals surface area contributed by atoms with E-state index in [-0.39, 0.29) is 0 Å². The summed E-state index contributed by atoms with van der Waals surface area (Å²) in [5.74, 6) is 4.62. The van der Waals surface area contributed by atoms with Crippen molar-refractivity contribution in [1.29, 1.82) is 0 Å². The van der Waals surface area contributed by atoms with Crippen LogP contribution in [0.5, 0.6) is 5.75 Å². The van der Waals surface area contributed by atoms with Crippen molar-refractivity contribution in [3.63, 3.8) is 0 Å². The molecule has 2 saturated carbocycles. The first-order valence-electron chi connectivity index (χ1n) is 11.4. The Morgan fingerprint density at radius 1 is 1.15 bits per heavy atom. The number of rotatable bonds is 8. The molecule has 3 rings (SSSR count). The third-order valence-corrected chi connectivity index (χ3v) is 7.88. The quantitative estimate of drug-likeness (QED) is 0.511. The molecule has 0 saturated heterocycles. The van der Waals surface area contributed by atoms with E-state index < -0.39 is 0 Å². The number of fused-ring (bicyclic) bond motifs is 1. The van der Waals surface area contributed by atoms with Crippen LogP contribution in [0.1, 0.15) is 79.1 Å². The second kappa shape index (κ2) is 8.88. The summed E-state index contributed by atoms with van der Waals surface area (Å²) < 4.78 is 0. The molecule has 0 amide bonds. The maximum atomic E-state index is 9.70. The Bertz CT molecular complexity index is 598. The molecular weight excluding hydrogens is 330 g/mol. The minimum Gasteiger partial charge on any atom is -0.508 e. The molecule has 2 heteroatoms. The summed E-state index contributed by atoms with van der Waals surface area (Å²) >= 11 is 0. The van der Waals surface area contributed by atoms with E-state index >= 15 is 0 Å². The molecule has 1 aromatic rings. The third-order valence-electron chi connectivity index (χ3n) is 7.88. The Balaban J connectivity index is 1.59. The highest BCUT2D eigenvalue weighted by atomic mass is 16.3. The Kier molecular flexibility index (Phi) is 6.76. The minimum absolute atomic E-state index is 0.352. The smallest absolute Gasteiger partial charge is 0.117 e. The molecule has 0 heterocycles. The van der Waals surface area contributed by atoms with Crippen LogP contribution in [0, 0.1) is 35.0 Å². The predicted molar refractivity (Wildman–Crippen MR) is 116 cm³/mol. The number of benzene rings is 1. The fourth-order valence-corrected chi connectivity index (χ4v) is 6.48. The SMILES string of the molecule is CC(C)CCC[C@@H](C)[C@H]1CC[C@H]2[C@H](CNc3cccc(O)c3)CCC[C@]12C. The molecule has 2 aliphatic rings. The van der Waals surface area contributed by atoms with E-state index in [2.05, 4.69) is 39.1 Å². The summed E-state index contributed by atoms with van der Waals surface area (Å²) in [5.41, 5.74) is 1.60. The van der Waals surface area contributed by atoms with Gasteiger partial charge in [-0.1, -0.05) is 59.4 Å². The van der Waals surface area contributed by atoms with Crippen molar-refractivity contribution >= 4 is 5.69 Å². The van der Waals surface area contributed by atoms with Crippen LogP contribution >= 0.6 is 0 Å². The zero-order chi connectivity index (χ0) is 19.4. The summed E-state index contributed by atoms with van der Waals surface area (Å²) in [4.78, 5) is 0. The van der Waals surface area contributed by atoms with Crippen LogP contribution in [0.2, 0.25) is 0 Å². The van der Waals surface area contributed by atoms with Crippen molar-refractivity contribution in [2.24, 2.45) is 35.0 Å². The molecule has 2 fully saturated rings. The fraction of sp³-hybridized carbons (Fsp3) is 0.760. The topological polar surface area (TPSA) is 32.3 Å². The highest BCUT2D eigenvalue weighted by molar-refractivity contribution is 5.47. The minimum atomic E-state index is 0.352. The van der Waals surface area contributed by atoms with Gasteiger partial charge in [-0.25, -0.2) is 0 Å². The maximum Gasteiger partial charge on any atom is 0.117 e. The number of hydrogen-bond acceptors (Lipinski definition) is 2. The zero-order valence-corrected chi connectivity index (χ0v) is 18.0. The van der Waals surface area contributed by atoms with E-state index in [1.165, 1.54) is 51.4 Å². The van der Waals surface area contributed by atoms with Gasteiger partial charge in [-0.15, -0.1) is 0 Å². The lowest BCUT2D eigenvalue weighted by Gasteiger charge is -2.47. The molecule has 0 unspecified atom stereocenters. The van der Waals surface area contributed by atoms with Crippen LogP contribution in [0.25, 0.3) is 0 Å². The van der Waals surface area contributed by atoms with Crippen LogP contribution in [0.3, 0.4) is 0 Å². The standard InChI is InChI=1S/C25H41NO/c1-18(2)8-5-9-19(3)23-13-14-24-20(10-7-15-25(23,24)4)17-26-21-11-6-12-22(27)16-21/h6,11-12,16,18-20,23-24,26-27H,5,7-10,13-15,17H2,1-4H3/t19-,20+,23-,24+,25-/m1/s1. The van der Waals surface area contributed by atoms with Gasteiger partial charge in [0.05, 0.1) is 0 Å². The van der Waals surface area contributed by atoms with Gasteiger partial charge in [0.2, 0.25) is 0 Å². The number of anilines is 1. The van der Waals surface area contributed by atoms with Gasteiger partial charge in [0.25, 0.3) is 0 Å². The molecule has 27 heavy (non-hydrogen) atoms. The summed E-state index contributed by atoms with van der Waals surface area (Å²) in [6.07, 6.45) is 11.2. The number of aromatic hydroxyl groups is 1. The van der Waals surface area contributed by atoms with Gasteiger partial charge < -0.3 is 10.4 Å². The van der Waals surface area contributed by atoms with Gasteiger partial charge in [0, 0.05) is 18.3 Å². The third kappa shape index (κ3) is 4.81. The normalized spacial score (nSPS) is 31.7. The van der Waals surface area contributed by atoms with Crippen molar-refractivity contribution in [1.82, 2.24) is 0 Å². The van der Waals surface area contributed by atoms with E-state index in [1.54, 1.807) is 6.07 Å². The molecule has 1 aromatic carbocycles. The first kappa shape index (κ1) is 20.6. The van der Waals surface area contributed by atoms with Crippen LogP contribution in [0.15, 0.2) is 24.3 Å². The molecule has 152 valence electrons. The van der Waals surface area contributed by atoms with Gasteiger partial charge in [-0.3, -0.25) is 0 Å². The van der Waals surface area contributed by atoms with E-state index in [9.17, 15) is 5.11 Å². The summed E-state index contributed by atoms with van der Waals surface area (Å²) in [6.45, 7) is 10.9. The van der Waals surface area contributed by atoms with E-state index in [0.29, 0.717) is 11.2 Å². The first-order chi connectivity index (χ1) is 12.9. The number of hydrogen-bond donors (Lipinski definition) is 2. The molecule has 0 spiro atoms. The van der Waals surface area contributed by atoms with Gasteiger partial charge in [0.1, 0.15) is 5.75 Å². The second-order valence-corrected chi connectivity index (χ2v) is 10.2. The molecular formula is C25H41NO.